The van der Waals surface area contributed by atoms with E-state index in [0.717, 1.165) is 16.7 Å². The van der Waals surface area contributed by atoms with E-state index in [0.29, 0.717) is 17.0 Å². The van der Waals surface area contributed by atoms with Gasteiger partial charge in [0.25, 0.3) is 0 Å². The van der Waals surface area contributed by atoms with E-state index >= 15 is 0 Å². The van der Waals surface area contributed by atoms with Gasteiger partial charge in [-0.25, -0.2) is 4.79 Å². The zero-order chi connectivity index (χ0) is 15.7. The summed E-state index contributed by atoms with van der Waals surface area (Å²) in [6, 6.07) is 10.7. The predicted octanol–water partition coefficient (Wildman–Crippen LogP) is 4.29. The Hall–Kier alpha value is -2.52. The predicted molar refractivity (Wildman–Crippen MR) is 87.0 cm³/mol. The third-order valence-electron chi connectivity index (χ3n) is 3.69. The van der Waals surface area contributed by atoms with E-state index in [2.05, 4.69) is 0 Å². The van der Waals surface area contributed by atoms with Crippen molar-refractivity contribution in [1.29, 1.82) is 0 Å². The van der Waals surface area contributed by atoms with Crippen LogP contribution in [0.3, 0.4) is 0 Å². The number of carbonyl (C=O) groups is 1. The van der Waals surface area contributed by atoms with Gasteiger partial charge in [0.2, 0.25) is 0 Å². The molecular weight excluding hydrogens is 300 g/mol. The van der Waals surface area contributed by atoms with Crippen molar-refractivity contribution in [2.45, 2.75) is 6.42 Å². The Morgan fingerprint density at radius 2 is 1.86 bits per heavy atom. The maximum Gasteiger partial charge on any atom is 0.335 e. The molecule has 0 saturated carbocycles. The fourth-order valence-electron chi connectivity index (χ4n) is 2.62. The monoisotopic (exact) mass is 312 g/mol. The fraction of sp³-hybridized carbons (Fsp3) is 0.0556. The van der Waals surface area contributed by atoms with E-state index in [4.69, 9.17) is 16.7 Å². The molecule has 4 heteroatoms. The lowest BCUT2D eigenvalue weighted by atomic mass is 9.93. The summed E-state index contributed by atoms with van der Waals surface area (Å²) >= 11 is 6.24. The highest BCUT2D eigenvalue weighted by Gasteiger charge is 2.16. The molecule has 1 aliphatic rings. The van der Waals surface area contributed by atoms with Crippen molar-refractivity contribution in [2.24, 2.45) is 0 Å². The van der Waals surface area contributed by atoms with E-state index < -0.39 is 5.97 Å². The molecule has 0 amide bonds. The number of carboxylic acids is 1. The topological polar surface area (TPSA) is 57.5 Å². The molecule has 0 aliphatic heterocycles. The Balaban J connectivity index is 2.19. The number of hydrogen-bond donors (Lipinski definition) is 2. The Kier molecular flexibility index (Phi) is 3.73. The smallest absolute Gasteiger partial charge is 0.335 e. The molecule has 2 N–H and O–H groups in total. The van der Waals surface area contributed by atoms with Crippen LogP contribution in [-0.4, -0.2) is 16.2 Å². The van der Waals surface area contributed by atoms with Crippen LogP contribution in [-0.2, 0) is 11.2 Å². The van der Waals surface area contributed by atoms with Crippen molar-refractivity contribution in [1.82, 2.24) is 0 Å². The molecule has 0 heterocycles. The molecule has 3 rings (SSSR count). The highest BCUT2D eigenvalue weighted by atomic mass is 35.5. The van der Waals surface area contributed by atoms with Crippen molar-refractivity contribution in [3.8, 4) is 16.9 Å². The van der Waals surface area contributed by atoms with Crippen molar-refractivity contribution >= 4 is 23.6 Å². The largest absolute Gasteiger partial charge is 0.507 e. The van der Waals surface area contributed by atoms with Crippen LogP contribution in [0.2, 0.25) is 5.02 Å². The van der Waals surface area contributed by atoms with Crippen LogP contribution in [0.25, 0.3) is 17.2 Å². The summed E-state index contributed by atoms with van der Waals surface area (Å²) in [5.74, 6) is -0.845. The molecule has 0 unspecified atom stereocenters. The van der Waals surface area contributed by atoms with Crippen LogP contribution in [0, 0.1) is 0 Å². The summed E-state index contributed by atoms with van der Waals surface area (Å²) in [6.45, 7) is 0. The molecule has 0 spiro atoms. The second-order valence-electron chi connectivity index (χ2n) is 5.01. The van der Waals surface area contributed by atoms with Crippen LogP contribution in [0.5, 0.6) is 5.75 Å². The molecule has 0 saturated heterocycles. The van der Waals surface area contributed by atoms with Crippen LogP contribution in [0.4, 0.5) is 0 Å². The van der Waals surface area contributed by atoms with Crippen molar-refractivity contribution in [3.63, 3.8) is 0 Å². The number of aromatic hydroxyl groups is 1. The van der Waals surface area contributed by atoms with Crippen molar-refractivity contribution in [2.75, 3.05) is 0 Å². The van der Waals surface area contributed by atoms with Crippen LogP contribution in [0.1, 0.15) is 11.1 Å². The zero-order valence-electron chi connectivity index (χ0n) is 11.6. The van der Waals surface area contributed by atoms with E-state index in [1.807, 2.05) is 18.2 Å². The summed E-state index contributed by atoms with van der Waals surface area (Å²) in [5, 5.41) is 19.7. The first-order valence-electron chi connectivity index (χ1n) is 6.79. The maximum absolute atomic E-state index is 11.1. The van der Waals surface area contributed by atoms with Gasteiger partial charge in [-0.1, -0.05) is 48.0 Å². The standard InChI is InChI=1S/C18H13ClO3/c19-15-5-2-6-16(20)17(15)14-4-1-3-11-7-8-12(18(21)22)9-10-13(11)14/h1-9,20H,10H2,(H,21,22). The number of rotatable bonds is 2. The molecule has 2 aromatic carbocycles. The summed E-state index contributed by atoms with van der Waals surface area (Å²) in [5.41, 5.74) is 3.50. The van der Waals surface area contributed by atoms with Gasteiger partial charge >= 0.3 is 5.97 Å². The number of hydrogen-bond acceptors (Lipinski definition) is 2. The second-order valence-corrected chi connectivity index (χ2v) is 5.42. The number of allylic oxidation sites excluding steroid dienone is 1. The Morgan fingerprint density at radius 3 is 2.59 bits per heavy atom. The molecule has 0 bridgehead atoms. The lowest BCUT2D eigenvalue weighted by Gasteiger charge is -2.13. The first kappa shape index (κ1) is 14.4. The van der Waals surface area contributed by atoms with Crippen LogP contribution >= 0.6 is 11.6 Å². The zero-order valence-corrected chi connectivity index (χ0v) is 12.3. The minimum absolute atomic E-state index is 0.108. The van der Waals surface area contributed by atoms with Crippen molar-refractivity contribution in [3.05, 3.63) is 70.3 Å². The first-order chi connectivity index (χ1) is 10.6. The molecule has 110 valence electrons. The van der Waals surface area contributed by atoms with Crippen LogP contribution in [0.15, 0.2) is 54.1 Å². The average molecular weight is 313 g/mol. The SMILES string of the molecule is O=C(O)C1=CCc2c(cccc2-c2c(O)cccc2Cl)C=C1. The number of phenolic OH excluding ortho intramolecular Hbond substituents is 1. The van der Waals surface area contributed by atoms with Gasteiger partial charge in [0.05, 0.1) is 10.6 Å². The van der Waals surface area contributed by atoms with Gasteiger partial charge in [0, 0.05) is 5.56 Å². The quantitative estimate of drug-likeness (QED) is 0.869. The highest BCUT2D eigenvalue weighted by molar-refractivity contribution is 6.33. The second kappa shape index (κ2) is 5.70. The highest BCUT2D eigenvalue weighted by Crippen LogP contribution is 2.39. The molecule has 0 atom stereocenters. The van der Waals surface area contributed by atoms with E-state index in [9.17, 15) is 9.90 Å². The molecule has 0 fully saturated rings. The lowest BCUT2D eigenvalue weighted by Crippen LogP contribution is -1.97. The lowest BCUT2D eigenvalue weighted by molar-refractivity contribution is -0.132. The number of halogens is 1. The third kappa shape index (κ3) is 2.51. The van der Waals surface area contributed by atoms with E-state index in [1.54, 1.807) is 36.4 Å². The summed E-state index contributed by atoms with van der Waals surface area (Å²) in [4.78, 5) is 11.1. The van der Waals surface area contributed by atoms with Gasteiger partial charge in [0.15, 0.2) is 0 Å². The minimum atomic E-state index is -0.953. The van der Waals surface area contributed by atoms with Gasteiger partial charge in [-0.05, 0) is 41.3 Å². The van der Waals surface area contributed by atoms with Gasteiger partial charge < -0.3 is 10.2 Å². The molecule has 2 aromatic rings. The molecular formula is C18H13ClO3. The molecule has 0 radical (unpaired) electrons. The Morgan fingerprint density at radius 1 is 1.09 bits per heavy atom. The number of benzene rings is 2. The molecule has 3 nitrogen and oxygen atoms in total. The number of carboxylic acid groups (broad SMARTS) is 1. The van der Waals surface area contributed by atoms with Gasteiger partial charge in [-0.2, -0.15) is 0 Å². The summed E-state index contributed by atoms with van der Waals surface area (Å²) in [6.07, 6.45) is 5.50. The summed E-state index contributed by atoms with van der Waals surface area (Å²) in [7, 11) is 0. The van der Waals surface area contributed by atoms with Gasteiger partial charge in [0.1, 0.15) is 5.75 Å². The van der Waals surface area contributed by atoms with E-state index in [-0.39, 0.29) is 11.3 Å². The first-order valence-corrected chi connectivity index (χ1v) is 7.17. The molecule has 0 aromatic heterocycles. The van der Waals surface area contributed by atoms with Crippen LogP contribution < -0.4 is 0 Å². The number of phenols is 1. The van der Waals surface area contributed by atoms with Crippen molar-refractivity contribution < 1.29 is 15.0 Å². The average Bonchev–Trinajstić information content (AvgIpc) is 2.70. The Bertz CT molecular complexity index is 799. The normalized spacial score (nSPS) is 13.2. The van der Waals surface area contributed by atoms with Gasteiger partial charge in [-0.3, -0.25) is 0 Å². The Labute approximate surface area is 132 Å². The molecule has 1 aliphatic carbocycles. The third-order valence-corrected chi connectivity index (χ3v) is 4.00. The fourth-order valence-corrected chi connectivity index (χ4v) is 2.89. The summed E-state index contributed by atoms with van der Waals surface area (Å²) < 4.78 is 0. The van der Waals surface area contributed by atoms with Gasteiger partial charge in [-0.15, -0.1) is 0 Å². The van der Waals surface area contributed by atoms with E-state index in [1.165, 1.54) is 0 Å². The maximum atomic E-state index is 11.1. The minimum Gasteiger partial charge on any atom is -0.507 e. The number of fused-ring (bicyclic) bond motifs is 1. The molecule has 22 heavy (non-hydrogen) atoms. The number of aliphatic carboxylic acids is 1.